The number of fused-ring (bicyclic) bond motifs is 2. The smallest absolute Gasteiger partial charge is 0.178 e. The molecule has 0 bridgehead atoms. The van der Waals surface area contributed by atoms with E-state index < -0.39 is 0 Å². The van der Waals surface area contributed by atoms with Gasteiger partial charge in [0.15, 0.2) is 5.78 Å². The number of carbonyl (C=O) groups excluding carboxylic acids is 1. The van der Waals surface area contributed by atoms with Crippen molar-refractivity contribution >= 4 is 39.4 Å². The second-order valence-electron chi connectivity index (χ2n) is 5.57. The van der Waals surface area contributed by atoms with Crippen molar-refractivity contribution in [1.82, 2.24) is 15.0 Å². The number of carbonyl (C=O) groups is 1. The molecule has 2 aromatic heterocycles. The van der Waals surface area contributed by atoms with E-state index in [1.54, 1.807) is 12.5 Å². The van der Waals surface area contributed by atoms with Gasteiger partial charge in [-0.3, -0.25) is 4.79 Å². The highest BCUT2D eigenvalue weighted by Gasteiger charge is 2.21. The molecule has 2 heterocycles. The van der Waals surface area contributed by atoms with Crippen molar-refractivity contribution in [1.29, 1.82) is 0 Å². The molecule has 2 aromatic carbocycles. The van der Waals surface area contributed by atoms with Crippen LogP contribution in [0.1, 0.15) is 17.3 Å². The molecule has 0 aliphatic rings. The summed E-state index contributed by atoms with van der Waals surface area (Å²) in [6, 6.07) is 15.7. The van der Waals surface area contributed by atoms with Gasteiger partial charge < -0.3 is 4.98 Å². The second kappa shape index (κ2) is 6.09. The van der Waals surface area contributed by atoms with E-state index in [4.69, 9.17) is 0 Å². The van der Waals surface area contributed by atoms with Crippen molar-refractivity contribution in [2.75, 3.05) is 0 Å². The third kappa shape index (κ3) is 2.57. The molecular weight excluding hydrogens is 318 g/mol. The summed E-state index contributed by atoms with van der Waals surface area (Å²) >= 11 is 1.47. The van der Waals surface area contributed by atoms with E-state index in [9.17, 15) is 4.79 Å². The summed E-state index contributed by atoms with van der Waals surface area (Å²) in [7, 11) is 0. The number of hydrogen-bond donors (Lipinski definition) is 1. The summed E-state index contributed by atoms with van der Waals surface area (Å²) in [6.07, 6.45) is 3.34. The van der Waals surface area contributed by atoms with Crippen LogP contribution >= 0.6 is 11.8 Å². The van der Waals surface area contributed by atoms with E-state index in [-0.39, 0.29) is 11.0 Å². The molecule has 0 aliphatic heterocycles. The Morgan fingerprint density at radius 3 is 2.67 bits per heavy atom. The highest BCUT2D eigenvalue weighted by atomic mass is 32.2. The SMILES string of the molecule is CC(Sc1ncnc2ccccc12)C(=O)c1c[nH]c2ccccc12. The quantitative estimate of drug-likeness (QED) is 0.340. The second-order valence-corrected chi connectivity index (χ2v) is 6.90. The van der Waals surface area contributed by atoms with E-state index in [0.29, 0.717) is 0 Å². The van der Waals surface area contributed by atoms with Crippen molar-refractivity contribution in [3.05, 3.63) is 66.6 Å². The number of aromatic nitrogens is 3. The molecule has 4 rings (SSSR count). The Kier molecular flexibility index (Phi) is 3.78. The van der Waals surface area contributed by atoms with E-state index >= 15 is 0 Å². The number of nitrogens with zero attached hydrogens (tertiary/aromatic N) is 2. The fraction of sp³-hybridized carbons (Fsp3) is 0.105. The third-order valence-corrected chi connectivity index (χ3v) is 5.13. The van der Waals surface area contributed by atoms with Crippen molar-refractivity contribution in [3.63, 3.8) is 0 Å². The van der Waals surface area contributed by atoms with Gasteiger partial charge in [-0.25, -0.2) is 9.97 Å². The molecule has 24 heavy (non-hydrogen) atoms. The molecule has 0 fully saturated rings. The van der Waals surface area contributed by atoms with Crippen LogP contribution < -0.4 is 0 Å². The molecule has 0 radical (unpaired) electrons. The van der Waals surface area contributed by atoms with Gasteiger partial charge in [0.25, 0.3) is 0 Å². The van der Waals surface area contributed by atoms with Gasteiger partial charge in [-0.2, -0.15) is 0 Å². The van der Waals surface area contributed by atoms with E-state index in [0.717, 1.165) is 32.4 Å². The predicted molar refractivity (Wildman–Crippen MR) is 97.5 cm³/mol. The molecule has 5 heteroatoms. The number of thioether (sulfide) groups is 1. The Labute approximate surface area is 143 Å². The van der Waals surface area contributed by atoms with Gasteiger partial charge in [0.2, 0.25) is 0 Å². The lowest BCUT2D eigenvalue weighted by atomic mass is 10.1. The number of rotatable bonds is 4. The molecule has 118 valence electrons. The van der Waals surface area contributed by atoms with Crippen molar-refractivity contribution in [2.45, 2.75) is 17.2 Å². The maximum Gasteiger partial charge on any atom is 0.178 e. The van der Waals surface area contributed by atoms with Crippen LogP contribution in [0.2, 0.25) is 0 Å². The first kappa shape index (κ1) is 14.9. The van der Waals surface area contributed by atoms with Crippen LogP contribution in [-0.4, -0.2) is 26.0 Å². The lowest BCUT2D eigenvalue weighted by Crippen LogP contribution is -2.13. The zero-order chi connectivity index (χ0) is 16.5. The lowest BCUT2D eigenvalue weighted by molar-refractivity contribution is 0.0995. The van der Waals surface area contributed by atoms with Crippen LogP contribution in [0.3, 0.4) is 0 Å². The zero-order valence-corrected chi connectivity index (χ0v) is 13.9. The summed E-state index contributed by atoms with van der Waals surface area (Å²) in [5.74, 6) is 0.0974. The maximum atomic E-state index is 12.9. The largest absolute Gasteiger partial charge is 0.360 e. The van der Waals surface area contributed by atoms with E-state index in [2.05, 4.69) is 15.0 Å². The number of benzene rings is 2. The van der Waals surface area contributed by atoms with Gasteiger partial charge >= 0.3 is 0 Å². The minimum Gasteiger partial charge on any atom is -0.360 e. The summed E-state index contributed by atoms with van der Waals surface area (Å²) in [6.45, 7) is 1.92. The molecule has 0 saturated heterocycles. The van der Waals surface area contributed by atoms with Crippen molar-refractivity contribution in [3.8, 4) is 0 Å². The monoisotopic (exact) mass is 333 g/mol. The molecule has 0 spiro atoms. The number of H-pyrrole nitrogens is 1. The first-order valence-electron chi connectivity index (χ1n) is 7.71. The molecule has 1 unspecified atom stereocenters. The van der Waals surface area contributed by atoms with Gasteiger partial charge in [0.1, 0.15) is 11.4 Å². The highest BCUT2D eigenvalue weighted by molar-refractivity contribution is 8.00. The van der Waals surface area contributed by atoms with Crippen molar-refractivity contribution in [2.24, 2.45) is 0 Å². The molecule has 4 nitrogen and oxygen atoms in total. The van der Waals surface area contributed by atoms with Gasteiger partial charge in [-0.05, 0) is 19.1 Å². The maximum absolute atomic E-state index is 12.9. The molecule has 1 N–H and O–H groups in total. The van der Waals surface area contributed by atoms with Crippen LogP contribution in [0.25, 0.3) is 21.8 Å². The number of Topliss-reactive ketones (excluding diaryl/α,β-unsaturated/α-hetero) is 1. The Morgan fingerprint density at radius 1 is 1.04 bits per heavy atom. The predicted octanol–water partition coefficient (Wildman–Crippen LogP) is 4.47. The van der Waals surface area contributed by atoms with E-state index in [1.165, 1.54) is 11.8 Å². The van der Waals surface area contributed by atoms with Crippen LogP contribution in [-0.2, 0) is 0 Å². The average molecular weight is 333 g/mol. The fourth-order valence-electron chi connectivity index (χ4n) is 2.79. The Balaban J connectivity index is 1.66. The topological polar surface area (TPSA) is 58.6 Å². The minimum atomic E-state index is -0.234. The first-order chi connectivity index (χ1) is 11.7. The lowest BCUT2D eigenvalue weighted by Gasteiger charge is -2.10. The van der Waals surface area contributed by atoms with Gasteiger partial charge in [0.05, 0.1) is 10.8 Å². The molecule has 4 aromatic rings. The normalized spacial score (nSPS) is 12.5. The van der Waals surface area contributed by atoms with Gasteiger partial charge in [-0.15, -0.1) is 0 Å². The van der Waals surface area contributed by atoms with Gasteiger partial charge in [0, 0.05) is 28.0 Å². The summed E-state index contributed by atoms with van der Waals surface area (Å²) < 4.78 is 0. The number of aromatic amines is 1. The minimum absolute atomic E-state index is 0.0974. The Hall–Kier alpha value is -2.66. The Bertz CT molecular complexity index is 1040. The Morgan fingerprint density at radius 2 is 1.79 bits per heavy atom. The molecule has 0 saturated carbocycles. The fourth-order valence-corrected chi connectivity index (χ4v) is 3.77. The molecule has 1 atom stereocenters. The number of hydrogen-bond acceptors (Lipinski definition) is 4. The third-order valence-electron chi connectivity index (χ3n) is 4.02. The number of nitrogens with one attached hydrogen (secondary N) is 1. The summed E-state index contributed by atoms with van der Waals surface area (Å²) in [4.78, 5) is 24.7. The summed E-state index contributed by atoms with van der Waals surface area (Å²) in [5.41, 5.74) is 2.59. The standard InChI is InChI=1S/C19H15N3OS/c1-12(18(23)15-10-20-16-8-4-2-6-13(15)16)24-19-14-7-3-5-9-17(14)21-11-22-19/h2-12,20H,1H3. The van der Waals surface area contributed by atoms with Crippen molar-refractivity contribution < 1.29 is 4.79 Å². The molecule has 0 aliphatic carbocycles. The van der Waals surface area contributed by atoms with Crippen LogP contribution in [0.5, 0.6) is 0 Å². The van der Waals surface area contributed by atoms with E-state index in [1.807, 2.05) is 55.5 Å². The van der Waals surface area contributed by atoms with Crippen LogP contribution in [0, 0.1) is 0 Å². The molecule has 0 amide bonds. The van der Waals surface area contributed by atoms with Crippen LogP contribution in [0.15, 0.2) is 66.1 Å². The first-order valence-corrected chi connectivity index (χ1v) is 8.59. The highest BCUT2D eigenvalue weighted by Crippen LogP contribution is 2.30. The van der Waals surface area contributed by atoms with Crippen LogP contribution in [0.4, 0.5) is 0 Å². The number of para-hydroxylation sites is 2. The number of ketones is 1. The zero-order valence-electron chi connectivity index (χ0n) is 13.1. The average Bonchev–Trinajstić information content (AvgIpc) is 3.05. The molecular formula is C19H15N3OS. The van der Waals surface area contributed by atoms with Gasteiger partial charge in [-0.1, -0.05) is 48.2 Å². The summed E-state index contributed by atoms with van der Waals surface area (Å²) in [5, 5.41) is 2.54.